The Kier molecular flexibility index (Phi) is 7.06. The van der Waals surface area contributed by atoms with Crippen molar-refractivity contribution < 1.29 is 0 Å². The molecule has 0 aliphatic carbocycles. The number of hydrogen-bond donors (Lipinski definition) is 1. The molecule has 1 rings (SSSR count). The molecule has 0 saturated heterocycles. The van der Waals surface area contributed by atoms with E-state index in [1.54, 1.807) is 0 Å². The smallest absolute Gasteiger partial charge is 0.0624 e. The van der Waals surface area contributed by atoms with Crippen LogP contribution >= 0.6 is 23.2 Å². The minimum Gasteiger partial charge on any atom is -0.316 e. The first-order valence-corrected chi connectivity index (χ1v) is 7.43. The number of halogens is 2. The Morgan fingerprint density at radius 3 is 2.50 bits per heavy atom. The fourth-order valence-corrected chi connectivity index (χ4v) is 2.35. The van der Waals surface area contributed by atoms with Crippen LogP contribution in [0.25, 0.3) is 0 Å². The molecular formula is C15H23Cl2N. The maximum Gasteiger partial charge on any atom is 0.0624 e. The Hall–Kier alpha value is -0.240. The van der Waals surface area contributed by atoms with Crippen LogP contribution < -0.4 is 5.32 Å². The largest absolute Gasteiger partial charge is 0.316 e. The van der Waals surface area contributed by atoms with E-state index in [1.807, 2.05) is 12.1 Å². The Balaban J connectivity index is 2.54. The van der Waals surface area contributed by atoms with Crippen molar-refractivity contribution in [2.45, 2.75) is 33.6 Å². The zero-order valence-electron chi connectivity index (χ0n) is 11.5. The number of hydrogen-bond acceptors (Lipinski definition) is 1. The minimum absolute atomic E-state index is 0.611. The van der Waals surface area contributed by atoms with E-state index < -0.39 is 0 Å². The fourth-order valence-electron chi connectivity index (χ4n) is 1.95. The molecule has 0 spiro atoms. The van der Waals surface area contributed by atoms with Crippen LogP contribution in [0.5, 0.6) is 0 Å². The molecule has 1 aromatic rings. The van der Waals surface area contributed by atoms with Gasteiger partial charge in [-0.05, 0) is 43.0 Å². The average molecular weight is 288 g/mol. The van der Waals surface area contributed by atoms with Crippen molar-refractivity contribution in [1.29, 1.82) is 0 Å². The van der Waals surface area contributed by atoms with Crippen LogP contribution in [-0.4, -0.2) is 13.1 Å². The molecule has 0 aliphatic heterocycles. The van der Waals surface area contributed by atoms with Crippen molar-refractivity contribution in [1.82, 2.24) is 5.32 Å². The van der Waals surface area contributed by atoms with Crippen molar-refractivity contribution in [3.8, 4) is 0 Å². The maximum absolute atomic E-state index is 6.23. The van der Waals surface area contributed by atoms with E-state index >= 15 is 0 Å². The minimum atomic E-state index is 0.611. The molecule has 1 atom stereocenters. The summed E-state index contributed by atoms with van der Waals surface area (Å²) in [5.41, 5.74) is 1.15. The summed E-state index contributed by atoms with van der Waals surface area (Å²) >= 11 is 12.3. The highest BCUT2D eigenvalue weighted by Crippen LogP contribution is 2.27. The normalized spacial score (nSPS) is 13.0. The predicted octanol–water partition coefficient (Wildman–Crippen LogP) is 4.81. The van der Waals surface area contributed by atoms with E-state index in [0.29, 0.717) is 21.9 Å². The van der Waals surface area contributed by atoms with Gasteiger partial charge in [-0.15, -0.1) is 0 Å². The number of benzene rings is 1. The molecule has 1 N–H and O–H groups in total. The molecule has 0 heterocycles. The SMILES string of the molecule is CCC(CNCC(C)C)Cc1cccc(Cl)c1Cl. The summed E-state index contributed by atoms with van der Waals surface area (Å²) in [6.07, 6.45) is 2.13. The van der Waals surface area contributed by atoms with E-state index in [2.05, 4.69) is 32.2 Å². The first kappa shape index (κ1) is 15.8. The van der Waals surface area contributed by atoms with Crippen LogP contribution in [0.3, 0.4) is 0 Å². The molecule has 0 saturated carbocycles. The second-order valence-electron chi connectivity index (χ2n) is 5.24. The Morgan fingerprint density at radius 1 is 1.17 bits per heavy atom. The lowest BCUT2D eigenvalue weighted by atomic mass is 9.96. The van der Waals surface area contributed by atoms with Gasteiger partial charge in [-0.2, -0.15) is 0 Å². The number of rotatable bonds is 7. The van der Waals surface area contributed by atoms with E-state index in [-0.39, 0.29) is 0 Å². The molecule has 0 fully saturated rings. The third-order valence-electron chi connectivity index (χ3n) is 3.10. The van der Waals surface area contributed by atoms with Crippen molar-refractivity contribution in [2.75, 3.05) is 13.1 Å². The second kappa shape index (κ2) is 8.04. The molecule has 0 amide bonds. The van der Waals surface area contributed by atoms with Crippen molar-refractivity contribution >= 4 is 23.2 Å². The average Bonchev–Trinajstić information content (AvgIpc) is 2.33. The molecule has 0 aliphatic rings. The molecule has 0 bridgehead atoms. The maximum atomic E-state index is 6.23. The van der Waals surface area contributed by atoms with Gasteiger partial charge in [0.15, 0.2) is 0 Å². The van der Waals surface area contributed by atoms with E-state index in [4.69, 9.17) is 23.2 Å². The quantitative estimate of drug-likeness (QED) is 0.759. The number of nitrogens with one attached hydrogen (secondary N) is 1. The Labute approximate surface area is 121 Å². The van der Waals surface area contributed by atoms with E-state index in [9.17, 15) is 0 Å². The fraction of sp³-hybridized carbons (Fsp3) is 0.600. The van der Waals surface area contributed by atoms with Gasteiger partial charge in [-0.3, -0.25) is 0 Å². The summed E-state index contributed by atoms with van der Waals surface area (Å²) < 4.78 is 0. The Morgan fingerprint density at radius 2 is 1.89 bits per heavy atom. The molecule has 0 radical (unpaired) electrons. The third kappa shape index (κ3) is 5.17. The monoisotopic (exact) mass is 287 g/mol. The molecule has 18 heavy (non-hydrogen) atoms. The molecule has 1 unspecified atom stereocenters. The van der Waals surface area contributed by atoms with Gasteiger partial charge in [-0.25, -0.2) is 0 Å². The van der Waals surface area contributed by atoms with Gasteiger partial charge in [0.25, 0.3) is 0 Å². The second-order valence-corrected chi connectivity index (χ2v) is 6.03. The summed E-state index contributed by atoms with van der Waals surface area (Å²) in [5, 5.41) is 4.88. The Bertz CT molecular complexity index is 364. The van der Waals surface area contributed by atoms with Crippen LogP contribution in [0.1, 0.15) is 32.8 Å². The zero-order valence-corrected chi connectivity index (χ0v) is 13.0. The third-order valence-corrected chi connectivity index (χ3v) is 3.96. The van der Waals surface area contributed by atoms with Gasteiger partial charge >= 0.3 is 0 Å². The van der Waals surface area contributed by atoms with Gasteiger partial charge in [-0.1, -0.05) is 62.5 Å². The molecule has 1 aromatic carbocycles. The van der Waals surface area contributed by atoms with Gasteiger partial charge in [0.05, 0.1) is 10.0 Å². The molecule has 0 aromatic heterocycles. The van der Waals surface area contributed by atoms with Gasteiger partial charge in [0, 0.05) is 0 Å². The van der Waals surface area contributed by atoms with Crippen LogP contribution in [0.4, 0.5) is 0 Å². The lowest BCUT2D eigenvalue weighted by Crippen LogP contribution is -2.27. The summed E-state index contributed by atoms with van der Waals surface area (Å²) in [6.45, 7) is 8.78. The van der Waals surface area contributed by atoms with Gasteiger partial charge in [0.1, 0.15) is 0 Å². The summed E-state index contributed by atoms with van der Waals surface area (Å²) in [4.78, 5) is 0. The van der Waals surface area contributed by atoms with Gasteiger partial charge < -0.3 is 5.32 Å². The van der Waals surface area contributed by atoms with E-state index in [1.165, 1.54) is 0 Å². The van der Waals surface area contributed by atoms with E-state index in [0.717, 1.165) is 31.5 Å². The summed E-state index contributed by atoms with van der Waals surface area (Å²) in [6, 6.07) is 5.88. The molecule has 102 valence electrons. The van der Waals surface area contributed by atoms with Gasteiger partial charge in [0.2, 0.25) is 0 Å². The lowest BCUT2D eigenvalue weighted by Gasteiger charge is -2.17. The van der Waals surface area contributed by atoms with Crippen LogP contribution in [0, 0.1) is 11.8 Å². The van der Waals surface area contributed by atoms with Crippen molar-refractivity contribution in [3.05, 3.63) is 33.8 Å². The highest BCUT2D eigenvalue weighted by molar-refractivity contribution is 6.42. The topological polar surface area (TPSA) is 12.0 Å². The zero-order chi connectivity index (χ0) is 13.5. The highest BCUT2D eigenvalue weighted by Gasteiger charge is 2.11. The molecule has 3 heteroatoms. The van der Waals surface area contributed by atoms with Crippen LogP contribution in [0.2, 0.25) is 10.0 Å². The summed E-state index contributed by atoms with van der Waals surface area (Å²) in [5.74, 6) is 1.30. The highest BCUT2D eigenvalue weighted by atomic mass is 35.5. The van der Waals surface area contributed by atoms with Crippen LogP contribution in [-0.2, 0) is 6.42 Å². The molecular weight excluding hydrogens is 265 g/mol. The lowest BCUT2D eigenvalue weighted by molar-refractivity contribution is 0.437. The first-order valence-electron chi connectivity index (χ1n) is 6.68. The standard InChI is InChI=1S/C15H23Cl2N/c1-4-12(10-18-9-11(2)3)8-13-6-5-7-14(16)15(13)17/h5-7,11-12,18H,4,8-10H2,1-3H3. The first-order chi connectivity index (χ1) is 8.54. The molecule has 1 nitrogen and oxygen atoms in total. The van der Waals surface area contributed by atoms with Crippen LogP contribution in [0.15, 0.2) is 18.2 Å². The van der Waals surface area contributed by atoms with Crippen molar-refractivity contribution in [2.24, 2.45) is 11.8 Å². The summed E-state index contributed by atoms with van der Waals surface area (Å²) in [7, 11) is 0. The predicted molar refractivity (Wildman–Crippen MR) is 81.7 cm³/mol. The van der Waals surface area contributed by atoms with Crippen molar-refractivity contribution in [3.63, 3.8) is 0 Å².